The van der Waals surface area contributed by atoms with Crippen LogP contribution in [0.3, 0.4) is 0 Å². The fourth-order valence-corrected chi connectivity index (χ4v) is 2.67. The van der Waals surface area contributed by atoms with Gasteiger partial charge in [0.1, 0.15) is 0 Å². The number of hydrogen-bond donors (Lipinski definition) is 0. The second-order valence-corrected chi connectivity index (χ2v) is 8.26. The van der Waals surface area contributed by atoms with Crippen molar-refractivity contribution in [1.29, 1.82) is 0 Å². The van der Waals surface area contributed by atoms with E-state index in [9.17, 15) is 0 Å². The van der Waals surface area contributed by atoms with E-state index in [1.807, 2.05) is 45.3 Å². The van der Waals surface area contributed by atoms with Gasteiger partial charge in [0.25, 0.3) is 0 Å². The Balaban J connectivity index is 0.000000213. The number of hydrogen-bond acceptors (Lipinski definition) is 2. The third-order valence-electron chi connectivity index (χ3n) is 4.50. The molecule has 32 heavy (non-hydrogen) atoms. The van der Waals surface area contributed by atoms with Gasteiger partial charge in [-0.2, -0.15) is 0 Å². The number of rotatable bonds is 0. The van der Waals surface area contributed by atoms with E-state index in [-0.39, 0.29) is 0 Å². The van der Waals surface area contributed by atoms with Crippen LogP contribution in [-0.2, 0) is 0 Å². The molecule has 0 unspecified atom stereocenters. The second-order valence-electron chi connectivity index (χ2n) is 8.26. The zero-order valence-electron chi connectivity index (χ0n) is 21.0. The van der Waals surface area contributed by atoms with Gasteiger partial charge in [-0.15, -0.1) is 0 Å². The Kier molecular flexibility index (Phi) is 12.3. The maximum atomic E-state index is 4.08. The van der Waals surface area contributed by atoms with E-state index in [0.29, 0.717) is 0 Å². The van der Waals surface area contributed by atoms with Gasteiger partial charge in [-0.3, -0.25) is 9.97 Å². The van der Waals surface area contributed by atoms with E-state index in [0.717, 1.165) is 11.4 Å². The molecule has 0 bridgehead atoms. The van der Waals surface area contributed by atoms with E-state index < -0.39 is 0 Å². The van der Waals surface area contributed by atoms with Crippen LogP contribution in [0.25, 0.3) is 0 Å². The lowest BCUT2D eigenvalue weighted by Gasteiger charge is -1.90. The third-order valence-corrected chi connectivity index (χ3v) is 4.50. The Morgan fingerprint density at radius 2 is 0.906 bits per heavy atom. The summed E-state index contributed by atoms with van der Waals surface area (Å²) < 4.78 is 0. The molecule has 0 fully saturated rings. The van der Waals surface area contributed by atoms with Crippen LogP contribution in [0, 0.1) is 55.4 Å². The molecule has 2 nitrogen and oxygen atoms in total. The first kappa shape index (κ1) is 26.8. The minimum Gasteiger partial charge on any atom is -0.262 e. The highest BCUT2D eigenvalue weighted by Gasteiger charge is 1.83. The Hall–Kier alpha value is -3.26. The number of nitrogens with zero attached hydrogens (tertiary/aromatic N) is 2. The molecule has 2 aromatic carbocycles. The van der Waals surface area contributed by atoms with E-state index in [4.69, 9.17) is 0 Å². The smallest absolute Gasteiger partial charge is 0.0375 e. The largest absolute Gasteiger partial charge is 0.262 e. The fourth-order valence-electron chi connectivity index (χ4n) is 2.67. The number of pyridine rings is 2. The summed E-state index contributed by atoms with van der Waals surface area (Å²) in [4.78, 5) is 8.12. The summed E-state index contributed by atoms with van der Waals surface area (Å²) >= 11 is 0. The van der Waals surface area contributed by atoms with Crippen LogP contribution in [0.1, 0.15) is 44.8 Å². The second kappa shape index (κ2) is 14.7. The highest BCUT2D eigenvalue weighted by molar-refractivity contribution is 5.20. The molecule has 0 aliphatic heterocycles. The summed E-state index contributed by atoms with van der Waals surface area (Å²) in [5.74, 6) is 0. The Morgan fingerprint density at radius 3 is 1.22 bits per heavy atom. The maximum absolute atomic E-state index is 4.08. The predicted molar refractivity (Wildman–Crippen MR) is 139 cm³/mol. The summed E-state index contributed by atoms with van der Waals surface area (Å²) in [7, 11) is 0. The zero-order chi connectivity index (χ0) is 23.9. The van der Waals surface area contributed by atoms with Crippen LogP contribution in [0.2, 0.25) is 0 Å². The first-order valence-electron chi connectivity index (χ1n) is 11.0. The van der Waals surface area contributed by atoms with Crippen LogP contribution in [0.15, 0.2) is 85.2 Å². The normalized spacial score (nSPS) is 9.25. The minimum absolute atomic E-state index is 1.08. The van der Waals surface area contributed by atoms with E-state index in [2.05, 4.69) is 105 Å². The third kappa shape index (κ3) is 13.1. The lowest BCUT2D eigenvalue weighted by molar-refractivity contribution is 1.17. The predicted octanol–water partition coefficient (Wildman–Crippen LogP) is 8.00. The molecule has 0 N–H and O–H groups in total. The molecular weight excluding hydrogens is 388 g/mol. The molecule has 4 rings (SSSR count). The lowest BCUT2D eigenvalue weighted by Crippen LogP contribution is -1.78. The van der Waals surface area contributed by atoms with Gasteiger partial charge in [0, 0.05) is 23.8 Å². The Labute approximate surface area is 195 Å². The van der Waals surface area contributed by atoms with Gasteiger partial charge in [-0.25, -0.2) is 0 Å². The molecule has 0 saturated heterocycles. The molecule has 0 spiro atoms. The van der Waals surface area contributed by atoms with E-state index in [1.165, 1.54) is 33.4 Å². The van der Waals surface area contributed by atoms with Gasteiger partial charge in [0.2, 0.25) is 0 Å². The molecule has 4 aromatic rings. The Bertz CT molecular complexity index is 869. The van der Waals surface area contributed by atoms with E-state index in [1.54, 1.807) is 0 Å². The van der Waals surface area contributed by atoms with Gasteiger partial charge in [0.05, 0.1) is 0 Å². The highest BCUT2D eigenvalue weighted by Crippen LogP contribution is 2.00. The van der Waals surface area contributed by atoms with Crippen LogP contribution < -0.4 is 0 Å². The van der Waals surface area contributed by atoms with Crippen molar-refractivity contribution in [3.05, 3.63) is 130 Å². The quantitative estimate of drug-likeness (QED) is 0.284. The fraction of sp³-hybridized carbons (Fsp3) is 0.267. The molecule has 0 saturated carbocycles. The zero-order valence-corrected chi connectivity index (χ0v) is 21.0. The summed E-state index contributed by atoms with van der Waals surface area (Å²) in [5.41, 5.74) is 10.00. The molecule has 2 aromatic heterocycles. The topological polar surface area (TPSA) is 25.8 Å². The van der Waals surface area contributed by atoms with Gasteiger partial charge in [0.15, 0.2) is 0 Å². The average molecular weight is 427 g/mol. The van der Waals surface area contributed by atoms with Gasteiger partial charge >= 0.3 is 0 Å². The van der Waals surface area contributed by atoms with Gasteiger partial charge < -0.3 is 0 Å². The standard InChI is InChI=1S/2C8H10.2C7H9N/c1-7-3-5-8(2)6-4-7;1-7-4-3-5-8(2)6-7;1-6-3-4-8-7(2)5-6;1-6-3-4-7(2)8-5-6/h2*3-6H,1-2H3;2*3-5H,1-2H3. The van der Waals surface area contributed by atoms with Crippen LogP contribution in [0.4, 0.5) is 0 Å². The Morgan fingerprint density at radius 1 is 0.406 bits per heavy atom. The van der Waals surface area contributed by atoms with Gasteiger partial charge in [-0.05, 0) is 84.7 Å². The van der Waals surface area contributed by atoms with Crippen LogP contribution in [-0.4, -0.2) is 9.97 Å². The van der Waals surface area contributed by atoms with Crippen molar-refractivity contribution in [2.24, 2.45) is 0 Å². The molecule has 0 aliphatic carbocycles. The first-order chi connectivity index (χ1) is 15.2. The molecule has 2 heterocycles. The van der Waals surface area contributed by atoms with Crippen molar-refractivity contribution in [1.82, 2.24) is 9.97 Å². The lowest BCUT2D eigenvalue weighted by atomic mass is 10.2. The average Bonchev–Trinajstić information content (AvgIpc) is 2.73. The van der Waals surface area contributed by atoms with Crippen molar-refractivity contribution in [3.8, 4) is 0 Å². The summed E-state index contributed by atoms with van der Waals surface area (Å²) in [6.07, 6.45) is 3.69. The number of benzene rings is 2. The van der Waals surface area contributed by atoms with Crippen molar-refractivity contribution < 1.29 is 0 Å². The number of aromatic nitrogens is 2. The maximum Gasteiger partial charge on any atom is 0.0375 e. The summed E-state index contributed by atoms with van der Waals surface area (Å²) in [5, 5.41) is 0. The van der Waals surface area contributed by atoms with Crippen molar-refractivity contribution >= 4 is 0 Å². The minimum atomic E-state index is 1.08. The molecule has 168 valence electrons. The van der Waals surface area contributed by atoms with E-state index >= 15 is 0 Å². The monoisotopic (exact) mass is 426 g/mol. The molecule has 0 aliphatic rings. The van der Waals surface area contributed by atoms with Crippen molar-refractivity contribution in [3.63, 3.8) is 0 Å². The van der Waals surface area contributed by atoms with Crippen molar-refractivity contribution in [2.75, 3.05) is 0 Å². The molecular formula is C30H38N2. The molecule has 0 atom stereocenters. The summed E-state index contributed by atoms with van der Waals surface area (Å²) in [6.45, 7) is 16.5. The molecule has 0 amide bonds. The molecule has 2 heteroatoms. The SMILES string of the molecule is Cc1ccc(C)cc1.Cc1ccc(C)nc1.Cc1cccc(C)c1.Cc1ccnc(C)c1. The molecule has 0 radical (unpaired) electrons. The van der Waals surface area contributed by atoms with Crippen LogP contribution >= 0.6 is 0 Å². The van der Waals surface area contributed by atoms with Gasteiger partial charge in [-0.1, -0.05) is 76.9 Å². The highest BCUT2D eigenvalue weighted by atomic mass is 14.7. The first-order valence-corrected chi connectivity index (χ1v) is 11.0. The van der Waals surface area contributed by atoms with Crippen LogP contribution in [0.5, 0.6) is 0 Å². The number of aryl methyl sites for hydroxylation is 8. The van der Waals surface area contributed by atoms with Crippen molar-refractivity contribution in [2.45, 2.75) is 55.4 Å². The summed E-state index contributed by atoms with van der Waals surface area (Å²) in [6, 6.07) is 25.0.